The van der Waals surface area contributed by atoms with Crippen molar-refractivity contribution in [3.63, 3.8) is 0 Å². The van der Waals surface area contributed by atoms with Crippen molar-refractivity contribution in [2.24, 2.45) is 5.92 Å². The lowest BCUT2D eigenvalue weighted by atomic mass is 10.1. The van der Waals surface area contributed by atoms with Crippen LogP contribution in [0, 0.1) is 12.8 Å². The number of rotatable bonds is 7. The Morgan fingerprint density at radius 1 is 1.42 bits per heavy atom. The first-order valence-corrected chi connectivity index (χ1v) is 7.46. The molecule has 0 aromatic heterocycles. The minimum Gasteiger partial charge on any atom is -0.489 e. The molecular formula is C16H24BrNO. The zero-order valence-electron chi connectivity index (χ0n) is 12.3. The molecule has 3 heteroatoms. The van der Waals surface area contributed by atoms with E-state index in [2.05, 4.69) is 60.7 Å². The van der Waals surface area contributed by atoms with Gasteiger partial charge in [0.05, 0.1) is 0 Å². The van der Waals surface area contributed by atoms with E-state index in [1.165, 1.54) is 5.56 Å². The molecule has 0 atom stereocenters. The van der Waals surface area contributed by atoms with E-state index in [9.17, 15) is 0 Å². The Bertz CT molecular complexity index is 441. The van der Waals surface area contributed by atoms with E-state index < -0.39 is 0 Å². The molecule has 0 fully saturated rings. The van der Waals surface area contributed by atoms with Crippen LogP contribution < -0.4 is 10.1 Å². The summed E-state index contributed by atoms with van der Waals surface area (Å²) in [7, 11) is 0. The molecule has 19 heavy (non-hydrogen) atoms. The normalized spacial score (nSPS) is 10.8. The Hall–Kier alpha value is -0.800. The predicted molar refractivity (Wildman–Crippen MR) is 85.7 cm³/mol. The molecule has 2 nitrogen and oxygen atoms in total. The summed E-state index contributed by atoms with van der Waals surface area (Å²) >= 11 is 3.55. The average molecular weight is 326 g/mol. The highest BCUT2D eigenvalue weighted by Gasteiger charge is 2.09. The van der Waals surface area contributed by atoms with Crippen LogP contribution in [0.4, 0.5) is 0 Å². The lowest BCUT2D eigenvalue weighted by Gasteiger charge is -2.16. The van der Waals surface area contributed by atoms with Crippen molar-refractivity contribution >= 4 is 15.9 Å². The van der Waals surface area contributed by atoms with Crippen LogP contribution in [0.15, 0.2) is 28.8 Å². The molecule has 1 rings (SSSR count). The van der Waals surface area contributed by atoms with Gasteiger partial charge in [0.25, 0.3) is 0 Å². The quantitative estimate of drug-likeness (QED) is 0.747. The monoisotopic (exact) mass is 325 g/mol. The van der Waals surface area contributed by atoms with Crippen molar-refractivity contribution in [2.45, 2.75) is 34.2 Å². The molecule has 0 radical (unpaired) electrons. The van der Waals surface area contributed by atoms with Gasteiger partial charge in [-0.3, -0.25) is 0 Å². The van der Waals surface area contributed by atoms with E-state index >= 15 is 0 Å². The highest BCUT2D eigenvalue weighted by molar-refractivity contribution is 9.10. The molecule has 0 aliphatic rings. The van der Waals surface area contributed by atoms with Crippen molar-refractivity contribution in [3.8, 4) is 5.75 Å². The summed E-state index contributed by atoms with van der Waals surface area (Å²) in [6.07, 6.45) is 0. The van der Waals surface area contributed by atoms with Crippen molar-refractivity contribution < 1.29 is 4.74 Å². The van der Waals surface area contributed by atoms with Crippen molar-refractivity contribution in [3.05, 3.63) is 39.9 Å². The van der Waals surface area contributed by atoms with Crippen molar-refractivity contribution in [1.29, 1.82) is 0 Å². The topological polar surface area (TPSA) is 21.3 Å². The van der Waals surface area contributed by atoms with E-state index in [1.807, 2.05) is 6.92 Å². The fraction of sp³-hybridized carbons (Fsp3) is 0.500. The number of hydrogen-bond donors (Lipinski definition) is 1. The maximum absolute atomic E-state index is 5.88. The molecule has 1 N–H and O–H groups in total. The fourth-order valence-electron chi connectivity index (χ4n) is 1.83. The molecule has 0 heterocycles. The number of hydrogen-bond acceptors (Lipinski definition) is 2. The van der Waals surface area contributed by atoms with Gasteiger partial charge in [-0.2, -0.15) is 0 Å². The van der Waals surface area contributed by atoms with Gasteiger partial charge in [-0.1, -0.05) is 36.4 Å². The van der Waals surface area contributed by atoms with Gasteiger partial charge in [0.2, 0.25) is 0 Å². The summed E-state index contributed by atoms with van der Waals surface area (Å²) < 4.78 is 6.97. The van der Waals surface area contributed by atoms with Gasteiger partial charge in [0, 0.05) is 16.6 Å². The van der Waals surface area contributed by atoms with E-state index in [0.29, 0.717) is 12.5 Å². The van der Waals surface area contributed by atoms with E-state index in [1.54, 1.807) is 0 Å². The smallest absolute Gasteiger partial charge is 0.127 e. The van der Waals surface area contributed by atoms with Crippen LogP contribution in [0.3, 0.4) is 0 Å². The maximum Gasteiger partial charge on any atom is 0.127 e. The van der Waals surface area contributed by atoms with Crippen molar-refractivity contribution in [2.75, 3.05) is 13.2 Å². The fourth-order valence-corrected chi connectivity index (χ4v) is 2.45. The summed E-state index contributed by atoms with van der Waals surface area (Å²) in [6.45, 7) is 14.7. The first-order valence-electron chi connectivity index (χ1n) is 6.67. The number of ether oxygens (including phenoxy) is 1. The lowest BCUT2D eigenvalue weighted by Crippen LogP contribution is -2.19. The van der Waals surface area contributed by atoms with E-state index in [4.69, 9.17) is 4.74 Å². The van der Waals surface area contributed by atoms with Gasteiger partial charge in [0.15, 0.2) is 0 Å². The molecular weight excluding hydrogens is 302 g/mol. The van der Waals surface area contributed by atoms with Gasteiger partial charge in [-0.15, -0.1) is 0 Å². The summed E-state index contributed by atoms with van der Waals surface area (Å²) in [5.74, 6) is 1.62. The van der Waals surface area contributed by atoms with Crippen LogP contribution in [0.5, 0.6) is 5.75 Å². The Kier molecular flexibility index (Phi) is 6.59. The third-order valence-electron chi connectivity index (χ3n) is 2.65. The largest absolute Gasteiger partial charge is 0.489 e. The van der Waals surface area contributed by atoms with Crippen LogP contribution >= 0.6 is 15.9 Å². The molecule has 1 aromatic carbocycles. The standard InChI is InChI=1S/C16H24BrNO/c1-11(2)8-18-9-14-7-15(17)6-13(5)16(14)19-10-12(3)4/h6-7,11,18H,3,8-10H2,1-2,4-5H3. The molecule has 0 bridgehead atoms. The first-order chi connectivity index (χ1) is 8.90. The molecule has 0 aliphatic carbocycles. The number of halogens is 1. The van der Waals surface area contributed by atoms with Crippen molar-refractivity contribution in [1.82, 2.24) is 5.32 Å². The molecule has 0 saturated carbocycles. The van der Waals surface area contributed by atoms with Gasteiger partial charge < -0.3 is 10.1 Å². The Balaban J connectivity index is 2.83. The Morgan fingerprint density at radius 3 is 2.68 bits per heavy atom. The highest BCUT2D eigenvalue weighted by atomic mass is 79.9. The molecule has 0 spiro atoms. The average Bonchev–Trinajstić information content (AvgIpc) is 2.26. The van der Waals surface area contributed by atoms with Gasteiger partial charge in [-0.05, 0) is 49.6 Å². The molecule has 0 amide bonds. The molecule has 106 valence electrons. The zero-order chi connectivity index (χ0) is 14.4. The molecule has 0 unspecified atom stereocenters. The second-order valence-electron chi connectivity index (χ2n) is 5.48. The number of aryl methyl sites for hydroxylation is 1. The van der Waals surface area contributed by atoms with Crippen LogP contribution in [0.2, 0.25) is 0 Å². The summed E-state index contributed by atoms with van der Waals surface area (Å²) in [6, 6.07) is 4.20. The highest BCUT2D eigenvalue weighted by Crippen LogP contribution is 2.28. The first kappa shape index (κ1) is 16.3. The molecule has 1 aromatic rings. The predicted octanol–water partition coefficient (Wildman–Crippen LogP) is 4.46. The second-order valence-corrected chi connectivity index (χ2v) is 6.40. The third-order valence-corrected chi connectivity index (χ3v) is 3.11. The second kappa shape index (κ2) is 7.71. The van der Waals surface area contributed by atoms with Crippen LogP contribution in [-0.4, -0.2) is 13.2 Å². The van der Waals surface area contributed by atoms with Gasteiger partial charge in [0.1, 0.15) is 12.4 Å². The minimum absolute atomic E-state index is 0.569. The summed E-state index contributed by atoms with van der Waals surface area (Å²) in [5, 5.41) is 3.46. The number of benzene rings is 1. The molecule has 0 saturated heterocycles. The van der Waals surface area contributed by atoms with Crippen LogP contribution in [-0.2, 0) is 6.54 Å². The lowest BCUT2D eigenvalue weighted by molar-refractivity contribution is 0.344. The van der Waals surface area contributed by atoms with Crippen LogP contribution in [0.25, 0.3) is 0 Å². The SMILES string of the molecule is C=C(C)COc1c(C)cc(Br)cc1CNCC(C)C. The van der Waals surface area contributed by atoms with E-state index in [0.717, 1.165) is 34.4 Å². The number of nitrogens with one attached hydrogen (secondary N) is 1. The summed E-state index contributed by atoms with van der Waals surface area (Å²) in [4.78, 5) is 0. The Labute approximate surface area is 125 Å². The molecule has 0 aliphatic heterocycles. The third kappa shape index (κ3) is 5.79. The zero-order valence-corrected chi connectivity index (χ0v) is 13.9. The van der Waals surface area contributed by atoms with Crippen LogP contribution in [0.1, 0.15) is 31.9 Å². The van der Waals surface area contributed by atoms with Gasteiger partial charge in [-0.25, -0.2) is 0 Å². The summed E-state index contributed by atoms with van der Waals surface area (Å²) in [5.41, 5.74) is 3.37. The maximum atomic E-state index is 5.88. The Morgan fingerprint density at radius 2 is 2.11 bits per heavy atom. The van der Waals surface area contributed by atoms with Gasteiger partial charge >= 0.3 is 0 Å². The minimum atomic E-state index is 0.569. The van der Waals surface area contributed by atoms with E-state index in [-0.39, 0.29) is 0 Å².